The summed E-state index contributed by atoms with van der Waals surface area (Å²) in [4.78, 5) is 14.1. The van der Waals surface area contributed by atoms with Crippen molar-refractivity contribution in [1.29, 1.82) is 0 Å². The summed E-state index contributed by atoms with van der Waals surface area (Å²) in [5, 5.41) is 9.62. The van der Waals surface area contributed by atoms with E-state index >= 15 is 0 Å². The van der Waals surface area contributed by atoms with Gasteiger partial charge in [0.05, 0.1) is 17.7 Å². The van der Waals surface area contributed by atoms with Crippen LogP contribution >= 0.6 is 24.0 Å². The van der Waals surface area contributed by atoms with Crippen molar-refractivity contribution in [3.8, 4) is 11.5 Å². The van der Waals surface area contributed by atoms with Crippen molar-refractivity contribution >= 4 is 46.0 Å². The standard InChI is InChI=1S/C17H12FNO3S2/c1-22-14-8-10(6-7-13(14)20)9-15-16(21)19(17(23)24-15)12-5-3-2-4-11(12)18/h2-9,20H,1H3/b15-9+. The Balaban J connectivity index is 1.96. The molecule has 1 saturated heterocycles. The first-order valence-electron chi connectivity index (χ1n) is 6.91. The van der Waals surface area contributed by atoms with E-state index in [1.54, 1.807) is 30.3 Å². The number of nitrogens with zero attached hydrogens (tertiary/aromatic N) is 1. The topological polar surface area (TPSA) is 49.8 Å². The fourth-order valence-electron chi connectivity index (χ4n) is 2.24. The number of phenols is 1. The van der Waals surface area contributed by atoms with Crippen LogP contribution in [-0.2, 0) is 4.79 Å². The third-order valence-electron chi connectivity index (χ3n) is 3.39. The van der Waals surface area contributed by atoms with E-state index in [-0.39, 0.29) is 21.7 Å². The summed E-state index contributed by atoms with van der Waals surface area (Å²) in [6.07, 6.45) is 1.63. The normalized spacial score (nSPS) is 16.1. The van der Waals surface area contributed by atoms with Crippen LogP contribution in [0.4, 0.5) is 10.1 Å². The Bertz CT molecular complexity index is 867. The molecule has 122 valence electrons. The van der Waals surface area contributed by atoms with Crippen LogP contribution in [0.2, 0.25) is 0 Å². The van der Waals surface area contributed by atoms with E-state index in [9.17, 15) is 14.3 Å². The summed E-state index contributed by atoms with van der Waals surface area (Å²) < 4.78 is 19.3. The number of hydrogen-bond acceptors (Lipinski definition) is 5. The maximum Gasteiger partial charge on any atom is 0.270 e. The highest BCUT2D eigenvalue weighted by molar-refractivity contribution is 8.27. The molecule has 3 rings (SSSR count). The van der Waals surface area contributed by atoms with Crippen molar-refractivity contribution in [2.24, 2.45) is 0 Å². The molecule has 0 spiro atoms. The highest BCUT2D eigenvalue weighted by Gasteiger charge is 2.34. The third-order valence-corrected chi connectivity index (χ3v) is 4.69. The molecule has 0 atom stereocenters. The third kappa shape index (κ3) is 3.00. The van der Waals surface area contributed by atoms with Gasteiger partial charge < -0.3 is 9.84 Å². The average Bonchev–Trinajstić information content (AvgIpc) is 2.84. The molecule has 2 aromatic carbocycles. The zero-order valence-electron chi connectivity index (χ0n) is 12.5. The van der Waals surface area contributed by atoms with Crippen LogP contribution in [0.25, 0.3) is 6.08 Å². The van der Waals surface area contributed by atoms with Crippen LogP contribution in [0.3, 0.4) is 0 Å². The molecule has 1 aliphatic rings. The van der Waals surface area contributed by atoms with Gasteiger partial charge in [0.2, 0.25) is 0 Å². The van der Waals surface area contributed by atoms with Crippen LogP contribution in [0.1, 0.15) is 5.56 Å². The summed E-state index contributed by atoms with van der Waals surface area (Å²) in [5.41, 5.74) is 0.797. The maximum atomic E-state index is 14.0. The Labute approximate surface area is 147 Å². The minimum Gasteiger partial charge on any atom is -0.504 e. The van der Waals surface area contributed by atoms with E-state index in [1.807, 2.05) is 0 Å². The van der Waals surface area contributed by atoms with Crippen molar-refractivity contribution in [2.75, 3.05) is 12.0 Å². The maximum absolute atomic E-state index is 14.0. The van der Waals surface area contributed by atoms with Crippen LogP contribution in [-0.4, -0.2) is 22.4 Å². The van der Waals surface area contributed by atoms with E-state index < -0.39 is 5.82 Å². The van der Waals surface area contributed by atoms with Gasteiger partial charge in [0, 0.05) is 0 Å². The molecule has 0 aliphatic carbocycles. The quantitative estimate of drug-likeness (QED) is 0.663. The molecule has 0 bridgehead atoms. The van der Waals surface area contributed by atoms with Crippen LogP contribution in [0, 0.1) is 5.82 Å². The fourth-order valence-corrected chi connectivity index (χ4v) is 3.53. The van der Waals surface area contributed by atoms with E-state index in [0.29, 0.717) is 16.2 Å². The molecule has 2 aromatic rings. The molecule has 7 heteroatoms. The molecule has 1 aliphatic heterocycles. The Morgan fingerprint density at radius 2 is 2.04 bits per heavy atom. The minimum absolute atomic E-state index is 0.00792. The number of thioether (sulfide) groups is 1. The number of benzene rings is 2. The summed E-state index contributed by atoms with van der Waals surface area (Å²) in [6, 6.07) is 10.7. The number of hydrogen-bond donors (Lipinski definition) is 1. The van der Waals surface area contributed by atoms with Gasteiger partial charge in [-0.05, 0) is 35.9 Å². The van der Waals surface area contributed by atoms with Crippen molar-refractivity contribution < 1.29 is 19.0 Å². The number of halogens is 1. The lowest BCUT2D eigenvalue weighted by Crippen LogP contribution is -2.28. The second kappa shape index (κ2) is 6.62. The summed E-state index contributed by atoms with van der Waals surface area (Å²) >= 11 is 6.31. The Morgan fingerprint density at radius 3 is 2.75 bits per heavy atom. The van der Waals surface area contributed by atoms with Crippen molar-refractivity contribution in [3.05, 3.63) is 58.8 Å². The first-order chi connectivity index (χ1) is 11.5. The summed E-state index contributed by atoms with van der Waals surface area (Å²) in [7, 11) is 1.44. The van der Waals surface area contributed by atoms with Gasteiger partial charge in [-0.15, -0.1) is 0 Å². The SMILES string of the molecule is COc1cc(/C=C2/SC(=S)N(c3ccccc3F)C2=O)ccc1O. The van der Waals surface area contributed by atoms with E-state index in [2.05, 4.69) is 0 Å². The van der Waals surface area contributed by atoms with E-state index in [4.69, 9.17) is 17.0 Å². The molecular formula is C17H12FNO3S2. The predicted octanol–water partition coefficient (Wildman–Crippen LogP) is 3.95. The molecule has 0 aromatic heterocycles. The lowest BCUT2D eigenvalue weighted by atomic mass is 10.2. The number of thiocarbonyl (C=S) groups is 1. The number of methoxy groups -OCH3 is 1. The van der Waals surface area contributed by atoms with Gasteiger partial charge in [0.1, 0.15) is 5.82 Å². The largest absolute Gasteiger partial charge is 0.504 e. The van der Waals surface area contributed by atoms with Gasteiger partial charge in [-0.25, -0.2) is 4.39 Å². The van der Waals surface area contributed by atoms with Crippen molar-refractivity contribution in [1.82, 2.24) is 0 Å². The number of aromatic hydroxyl groups is 1. The van der Waals surface area contributed by atoms with Gasteiger partial charge in [-0.3, -0.25) is 9.69 Å². The molecule has 0 saturated carbocycles. The number of para-hydroxylation sites is 1. The smallest absolute Gasteiger partial charge is 0.270 e. The number of ether oxygens (including phenoxy) is 1. The number of phenolic OH excluding ortho intramolecular Hbond substituents is 1. The van der Waals surface area contributed by atoms with E-state index in [0.717, 1.165) is 11.8 Å². The Kier molecular flexibility index (Phi) is 4.55. The predicted molar refractivity (Wildman–Crippen MR) is 96.7 cm³/mol. The molecule has 4 nitrogen and oxygen atoms in total. The highest BCUT2D eigenvalue weighted by Crippen LogP contribution is 2.37. The molecular weight excluding hydrogens is 349 g/mol. The van der Waals surface area contributed by atoms with Crippen molar-refractivity contribution in [2.45, 2.75) is 0 Å². The first kappa shape index (κ1) is 16.5. The number of amides is 1. The lowest BCUT2D eigenvalue weighted by molar-refractivity contribution is -0.113. The lowest BCUT2D eigenvalue weighted by Gasteiger charge is -2.14. The van der Waals surface area contributed by atoms with Gasteiger partial charge in [-0.2, -0.15) is 0 Å². The molecule has 1 amide bonds. The average molecular weight is 361 g/mol. The number of carbonyl (C=O) groups is 1. The summed E-state index contributed by atoms with van der Waals surface area (Å²) in [6.45, 7) is 0. The number of carbonyl (C=O) groups excluding carboxylic acids is 1. The minimum atomic E-state index is -0.513. The monoisotopic (exact) mass is 361 g/mol. The zero-order valence-corrected chi connectivity index (χ0v) is 14.2. The number of rotatable bonds is 3. The summed E-state index contributed by atoms with van der Waals surface area (Å²) in [5.74, 6) is -0.592. The molecule has 0 radical (unpaired) electrons. The highest BCUT2D eigenvalue weighted by atomic mass is 32.2. The van der Waals surface area contributed by atoms with Crippen molar-refractivity contribution in [3.63, 3.8) is 0 Å². The first-order valence-corrected chi connectivity index (χ1v) is 8.13. The van der Waals surface area contributed by atoms with Gasteiger partial charge >= 0.3 is 0 Å². The second-order valence-electron chi connectivity index (χ2n) is 4.90. The van der Waals surface area contributed by atoms with E-state index in [1.165, 1.54) is 30.2 Å². The molecule has 24 heavy (non-hydrogen) atoms. The van der Waals surface area contributed by atoms with Crippen LogP contribution in [0.5, 0.6) is 11.5 Å². The van der Waals surface area contributed by atoms with Gasteiger partial charge in [0.25, 0.3) is 5.91 Å². The number of anilines is 1. The molecule has 1 heterocycles. The Hall–Kier alpha value is -2.38. The fraction of sp³-hybridized carbons (Fsp3) is 0.0588. The molecule has 1 fully saturated rings. The van der Waals surface area contributed by atoms with Crippen LogP contribution in [0.15, 0.2) is 47.4 Å². The second-order valence-corrected chi connectivity index (χ2v) is 6.58. The molecule has 1 N–H and O–H groups in total. The van der Waals surface area contributed by atoms with Crippen LogP contribution < -0.4 is 9.64 Å². The van der Waals surface area contributed by atoms with Gasteiger partial charge in [0.15, 0.2) is 15.8 Å². The van der Waals surface area contributed by atoms with Gasteiger partial charge in [-0.1, -0.05) is 42.2 Å². The molecule has 0 unspecified atom stereocenters. The zero-order chi connectivity index (χ0) is 17.3. The Morgan fingerprint density at radius 1 is 1.29 bits per heavy atom.